The molecule has 0 amide bonds. The van der Waals surface area contributed by atoms with Gasteiger partial charge in [-0.05, 0) is 38.1 Å². The highest BCUT2D eigenvalue weighted by Crippen LogP contribution is 2.29. The largest absolute Gasteiger partial charge is 0.496 e. The Labute approximate surface area is 110 Å². The van der Waals surface area contributed by atoms with Crippen LogP contribution in [0.5, 0.6) is 5.75 Å². The van der Waals surface area contributed by atoms with Gasteiger partial charge in [0.2, 0.25) is 0 Å². The normalized spacial score (nSPS) is 12.2. The van der Waals surface area contributed by atoms with Gasteiger partial charge in [-0.3, -0.25) is 0 Å². The fraction of sp³-hybridized carbons (Fsp3) is 0.267. The van der Waals surface area contributed by atoms with E-state index in [1.807, 2.05) is 6.07 Å². The summed E-state index contributed by atoms with van der Waals surface area (Å²) in [5.41, 5.74) is -0.284. The van der Waals surface area contributed by atoms with Crippen LogP contribution in [0.3, 0.4) is 0 Å². The van der Waals surface area contributed by atoms with Crippen LogP contribution in [0.25, 0.3) is 17.0 Å². The predicted molar refractivity (Wildman–Crippen MR) is 74.4 cm³/mol. The Morgan fingerprint density at radius 1 is 1.26 bits per heavy atom. The molecule has 0 atom stereocenters. The average Bonchev–Trinajstić information content (AvgIpc) is 2.34. The van der Waals surface area contributed by atoms with Crippen molar-refractivity contribution in [1.82, 2.24) is 0 Å². The second-order valence-electron chi connectivity index (χ2n) is 4.84. The SMILES string of the molecule is COc1ccc2ccc(=O)oc2c1/C=C/C(C)(C)O. The Morgan fingerprint density at radius 3 is 2.58 bits per heavy atom. The first-order valence-corrected chi connectivity index (χ1v) is 5.93. The predicted octanol–water partition coefficient (Wildman–Crippen LogP) is 2.59. The van der Waals surface area contributed by atoms with Crippen molar-refractivity contribution in [3.63, 3.8) is 0 Å². The summed E-state index contributed by atoms with van der Waals surface area (Å²) in [5, 5.41) is 10.6. The molecule has 0 unspecified atom stereocenters. The molecule has 0 aliphatic rings. The standard InChI is InChI=1S/C15H16O4/c1-15(2,17)9-8-11-12(18-3)6-4-10-5-7-13(16)19-14(10)11/h4-9,17H,1-3H3/b9-8+. The van der Waals surface area contributed by atoms with Gasteiger partial charge in [0, 0.05) is 11.5 Å². The monoisotopic (exact) mass is 260 g/mol. The second kappa shape index (κ2) is 4.90. The van der Waals surface area contributed by atoms with Crippen molar-refractivity contribution in [3.05, 3.63) is 46.3 Å². The van der Waals surface area contributed by atoms with E-state index in [1.165, 1.54) is 6.07 Å². The number of benzene rings is 1. The first-order valence-electron chi connectivity index (χ1n) is 5.93. The number of methoxy groups -OCH3 is 1. The molecule has 0 radical (unpaired) electrons. The molecule has 0 saturated heterocycles. The number of hydrogen-bond acceptors (Lipinski definition) is 4. The maximum absolute atomic E-state index is 11.4. The third kappa shape index (κ3) is 3.03. The molecule has 0 aliphatic carbocycles. The Kier molecular flexibility index (Phi) is 3.44. The van der Waals surface area contributed by atoms with E-state index in [0.717, 1.165) is 5.39 Å². The van der Waals surface area contributed by atoms with Crippen LogP contribution in [-0.2, 0) is 0 Å². The van der Waals surface area contributed by atoms with Gasteiger partial charge in [-0.1, -0.05) is 6.08 Å². The molecule has 4 heteroatoms. The van der Waals surface area contributed by atoms with Crippen molar-refractivity contribution in [1.29, 1.82) is 0 Å². The topological polar surface area (TPSA) is 59.7 Å². The van der Waals surface area contributed by atoms with Gasteiger partial charge in [0.05, 0.1) is 18.3 Å². The van der Waals surface area contributed by atoms with Gasteiger partial charge in [-0.15, -0.1) is 0 Å². The highest BCUT2D eigenvalue weighted by molar-refractivity contribution is 5.88. The maximum atomic E-state index is 11.4. The lowest BCUT2D eigenvalue weighted by Crippen LogP contribution is -2.13. The van der Waals surface area contributed by atoms with E-state index in [9.17, 15) is 9.90 Å². The summed E-state index contributed by atoms with van der Waals surface area (Å²) in [6.45, 7) is 3.33. The molecule has 2 rings (SSSR count). The van der Waals surface area contributed by atoms with Crippen molar-refractivity contribution in [2.75, 3.05) is 7.11 Å². The molecule has 1 aromatic carbocycles. The summed E-state index contributed by atoms with van der Waals surface area (Å²) in [6.07, 6.45) is 3.32. The molecule has 0 spiro atoms. The number of rotatable bonds is 3. The summed E-state index contributed by atoms with van der Waals surface area (Å²) in [7, 11) is 1.55. The fourth-order valence-electron chi connectivity index (χ4n) is 1.76. The van der Waals surface area contributed by atoms with Crippen LogP contribution >= 0.6 is 0 Å². The van der Waals surface area contributed by atoms with E-state index in [1.54, 1.807) is 45.2 Å². The van der Waals surface area contributed by atoms with E-state index in [0.29, 0.717) is 16.9 Å². The molecule has 100 valence electrons. The third-order valence-corrected chi connectivity index (χ3v) is 2.67. The first kappa shape index (κ1) is 13.4. The zero-order valence-electron chi connectivity index (χ0n) is 11.1. The van der Waals surface area contributed by atoms with Gasteiger partial charge in [-0.2, -0.15) is 0 Å². The Bertz CT molecular complexity index is 675. The van der Waals surface area contributed by atoms with Crippen LogP contribution in [0, 0.1) is 0 Å². The molecular weight excluding hydrogens is 244 g/mol. The lowest BCUT2D eigenvalue weighted by molar-refractivity contribution is 0.134. The van der Waals surface area contributed by atoms with Crippen molar-refractivity contribution in [2.24, 2.45) is 0 Å². The summed E-state index contributed by atoms with van der Waals surface area (Å²) in [4.78, 5) is 11.4. The molecule has 1 N–H and O–H groups in total. The molecule has 0 bridgehead atoms. The van der Waals surface area contributed by atoms with Crippen LogP contribution in [0.4, 0.5) is 0 Å². The van der Waals surface area contributed by atoms with Gasteiger partial charge in [-0.25, -0.2) is 4.79 Å². The van der Waals surface area contributed by atoms with E-state index in [2.05, 4.69) is 0 Å². The number of hydrogen-bond donors (Lipinski definition) is 1. The molecule has 0 aliphatic heterocycles. The van der Waals surface area contributed by atoms with Crippen molar-refractivity contribution < 1.29 is 14.3 Å². The van der Waals surface area contributed by atoms with E-state index >= 15 is 0 Å². The number of ether oxygens (including phenoxy) is 1. The fourth-order valence-corrected chi connectivity index (χ4v) is 1.76. The molecule has 0 saturated carbocycles. The smallest absolute Gasteiger partial charge is 0.336 e. The van der Waals surface area contributed by atoms with Gasteiger partial charge in [0.1, 0.15) is 11.3 Å². The lowest BCUT2D eigenvalue weighted by atomic mass is 10.0. The van der Waals surface area contributed by atoms with E-state index < -0.39 is 11.2 Å². The minimum Gasteiger partial charge on any atom is -0.496 e. The highest BCUT2D eigenvalue weighted by atomic mass is 16.5. The minimum atomic E-state index is -0.956. The maximum Gasteiger partial charge on any atom is 0.336 e. The van der Waals surface area contributed by atoms with Crippen LogP contribution in [0.2, 0.25) is 0 Å². The zero-order valence-corrected chi connectivity index (χ0v) is 11.1. The van der Waals surface area contributed by atoms with Crippen molar-refractivity contribution >= 4 is 17.0 Å². The third-order valence-electron chi connectivity index (χ3n) is 2.67. The molecule has 4 nitrogen and oxygen atoms in total. The minimum absolute atomic E-state index is 0.418. The van der Waals surface area contributed by atoms with Gasteiger partial charge in [0.15, 0.2) is 0 Å². The zero-order chi connectivity index (χ0) is 14.0. The Hall–Kier alpha value is -2.07. The highest BCUT2D eigenvalue weighted by Gasteiger charge is 2.11. The summed E-state index contributed by atoms with van der Waals surface area (Å²) in [6, 6.07) is 6.69. The number of aliphatic hydroxyl groups is 1. The van der Waals surface area contributed by atoms with Crippen molar-refractivity contribution in [2.45, 2.75) is 19.4 Å². The van der Waals surface area contributed by atoms with Gasteiger partial charge in [0.25, 0.3) is 0 Å². The van der Waals surface area contributed by atoms with E-state index in [4.69, 9.17) is 9.15 Å². The van der Waals surface area contributed by atoms with Crippen LogP contribution in [0.1, 0.15) is 19.4 Å². The second-order valence-corrected chi connectivity index (χ2v) is 4.84. The summed E-state index contributed by atoms with van der Waals surface area (Å²) < 4.78 is 10.5. The molecule has 0 fully saturated rings. The first-order chi connectivity index (χ1) is 8.90. The van der Waals surface area contributed by atoms with Crippen molar-refractivity contribution in [3.8, 4) is 5.75 Å². The van der Waals surface area contributed by atoms with Gasteiger partial charge < -0.3 is 14.3 Å². The molecular formula is C15H16O4. The lowest BCUT2D eigenvalue weighted by Gasteiger charge is -2.12. The molecule has 19 heavy (non-hydrogen) atoms. The van der Waals surface area contributed by atoms with Gasteiger partial charge >= 0.3 is 5.63 Å². The summed E-state index contributed by atoms with van der Waals surface area (Å²) in [5.74, 6) is 0.586. The van der Waals surface area contributed by atoms with E-state index in [-0.39, 0.29) is 0 Å². The van der Waals surface area contributed by atoms with Crippen LogP contribution in [-0.4, -0.2) is 17.8 Å². The Morgan fingerprint density at radius 2 is 1.95 bits per heavy atom. The molecule has 2 aromatic rings. The quantitative estimate of drug-likeness (QED) is 0.862. The average molecular weight is 260 g/mol. The number of fused-ring (bicyclic) bond motifs is 1. The van der Waals surface area contributed by atoms with Crippen LogP contribution in [0.15, 0.2) is 39.6 Å². The molecule has 1 aromatic heterocycles. The summed E-state index contributed by atoms with van der Waals surface area (Å²) >= 11 is 0. The van der Waals surface area contributed by atoms with Crippen LogP contribution < -0.4 is 10.4 Å². The Balaban J connectivity index is 2.70. The molecule has 1 heterocycles.